The summed E-state index contributed by atoms with van der Waals surface area (Å²) in [5, 5.41) is 11.4. The fourth-order valence-electron chi connectivity index (χ4n) is 3.23. The number of aromatic nitrogens is 2. The van der Waals surface area contributed by atoms with Crippen molar-refractivity contribution in [3.05, 3.63) is 110 Å². The molecule has 0 fully saturated rings. The lowest BCUT2D eigenvalue weighted by molar-refractivity contribution is -0.384. The largest absolute Gasteiger partial charge is 0.270 e. The summed E-state index contributed by atoms with van der Waals surface area (Å²) < 4.78 is 15.3. The fourth-order valence-corrected chi connectivity index (χ4v) is 3.23. The second-order valence-corrected chi connectivity index (χ2v) is 6.74. The van der Waals surface area contributed by atoms with E-state index in [0.717, 1.165) is 0 Å². The molecule has 7 heteroatoms. The van der Waals surface area contributed by atoms with Crippen LogP contribution in [0.15, 0.2) is 71.5 Å². The highest BCUT2D eigenvalue weighted by Gasteiger charge is 2.13. The molecule has 0 radical (unpaired) electrons. The van der Waals surface area contributed by atoms with Gasteiger partial charge in [-0.1, -0.05) is 36.4 Å². The summed E-state index contributed by atoms with van der Waals surface area (Å²) in [6, 6.07) is 17.2. The number of hydrogen-bond donors (Lipinski definition) is 0. The minimum Gasteiger partial charge on any atom is -0.268 e. The molecule has 0 aliphatic carbocycles. The molecule has 4 rings (SSSR count). The van der Waals surface area contributed by atoms with Gasteiger partial charge >= 0.3 is 0 Å². The van der Waals surface area contributed by atoms with Crippen molar-refractivity contribution in [3.8, 4) is 5.69 Å². The van der Waals surface area contributed by atoms with Crippen molar-refractivity contribution in [1.29, 1.82) is 0 Å². The summed E-state index contributed by atoms with van der Waals surface area (Å²) in [6.07, 6.45) is 3.23. The Bertz CT molecular complexity index is 1380. The van der Waals surface area contributed by atoms with Crippen LogP contribution in [0.4, 0.5) is 10.1 Å². The lowest BCUT2D eigenvalue weighted by Crippen LogP contribution is -2.23. The van der Waals surface area contributed by atoms with Gasteiger partial charge in [0.15, 0.2) is 0 Å². The van der Waals surface area contributed by atoms with E-state index in [1.165, 1.54) is 28.8 Å². The van der Waals surface area contributed by atoms with Gasteiger partial charge in [0.1, 0.15) is 11.6 Å². The fraction of sp³-hybridized carbons (Fsp3) is 0.0435. The van der Waals surface area contributed by atoms with E-state index in [4.69, 9.17) is 0 Å². The average molecular weight is 401 g/mol. The van der Waals surface area contributed by atoms with E-state index in [2.05, 4.69) is 4.98 Å². The van der Waals surface area contributed by atoms with Crippen LogP contribution in [0.5, 0.6) is 0 Å². The summed E-state index contributed by atoms with van der Waals surface area (Å²) in [7, 11) is 0. The van der Waals surface area contributed by atoms with Crippen molar-refractivity contribution in [3.63, 3.8) is 0 Å². The molecular formula is C23H16FN3O3. The van der Waals surface area contributed by atoms with Crippen LogP contribution in [0.25, 0.3) is 28.7 Å². The molecule has 0 unspecified atom stereocenters. The number of nitro benzene ring substituents is 1. The zero-order valence-electron chi connectivity index (χ0n) is 15.9. The number of nitro groups is 1. The summed E-state index contributed by atoms with van der Waals surface area (Å²) >= 11 is 0. The third-order valence-electron chi connectivity index (χ3n) is 4.72. The molecule has 0 amide bonds. The van der Waals surface area contributed by atoms with Gasteiger partial charge in [-0.25, -0.2) is 9.37 Å². The highest BCUT2D eigenvalue weighted by molar-refractivity contribution is 5.80. The maximum Gasteiger partial charge on any atom is 0.270 e. The van der Waals surface area contributed by atoms with Gasteiger partial charge in [-0.05, 0) is 48.4 Å². The quantitative estimate of drug-likeness (QED) is 0.359. The van der Waals surface area contributed by atoms with Gasteiger partial charge in [0.25, 0.3) is 11.2 Å². The first-order chi connectivity index (χ1) is 14.4. The van der Waals surface area contributed by atoms with E-state index >= 15 is 0 Å². The van der Waals surface area contributed by atoms with Crippen molar-refractivity contribution in [1.82, 2.24) is 9.55 Å². The van der Waals surface area contributed by atoms with Gasteiger partial charge in [0.05, 0.1) is 21.5 Å². The van der Waals surface area contributed by atoms with E-state index in [0.29, 0.717) is 33.5 Å². The Hall–Kier alpha value is -4.13. The lowest BCUT2D eigenvalue weighted by Gasteiger charge is -2.14. The molecule has 0 saturated heterocycles. The van der Waals surface area contributed by atoms with Gasteiger partial charge in [-0.15, -0.1) is 0 Å². The summed E-state index contributed by atoms with van der Waals surface area (Å²) in [4.78, 5) is 28.4. The van der Waals surface area contributed by atoms with Gasteiger partial charge in [0, 0.05) is 12.1 Å². The number of halogens is 1. The minimum atomic E-state index is -0.475. The van der Waals surface area contributed by atoms with Crippen molar-refractivity contribution >= 4 is 28.7 Å². The third kappa shape index (κ3) is 3.60. The van der Waals surface area contributed by atoms with Crippen molar-refractivity contribution in [2.45, 2.75) is 6.92 Å². The molecule has 0 spiro atoms. The highest BCUT2D eigenvalue weighted by atomic mass is 19.1. The number of para-hydroxylation sites is 1. The van der Waals surface area contributed by atoms with Crippen molar-refractivity contribution in [2.24, 2.45) is 0 Å². The van der Waals surface area contributed by atoms with Crippen molar-refractivity contribution in [2.75, 3.05) is 0 Å². The number of nitrogens with zero attached hydrogens (tertiary/aromatic N) is 3. The third-order valence-corrected chi connectivity index (χ3v) is 4.72. The Balaban J connectivity index is 1.95. The molecule has 0 aliphatic heterocycles. The topological polar surface area (TPSA) is 78.0 Å². The van der Waals surface area contributed by atoms with Gasteiger partial charge < -0.3 is 0 Å². The van der Waals surface area contributed by atoms with E-state index < -0.39 is 10.7 Å². The first-order valence-electron chi connectivity index (χ1n) is 9.15. The number of non-ortho nitro benzene ring substituents is 1. The molecule has 0 aliphatic rings. The molecule has 30 heavy (non-hydrogen) atoms. The van der Waals surface area contributed by atoms with Crippen LogP contribution in [0, 0.1) is 22.9 Å². The number of benzene rings is 3. The average Bonchev–Trinajstić information content (AvgIpc) is 2.74. The molecule has 0 N–H and O–H groups in total. The van der Waals surface area contributed by atoms with Crippen LogP contribution in [0.1, 0.15) is 17.0 Å². The number of rotatable bonds is 4. The van der Waals surface area contributed by atoms with Crippen molar-refractivity contribution < 1.29 is 9.31 Å². The Kier molecular flexibility index (Phi) is 4.93. The zero-order chi connectivity index (χ0) is 21.3. The van der Waals surface area contributed by atoms with Crippen LogP contribution < -0.4 is 5.56 Å². The first-order valence-corrected chi connectivity index (χ1v) is 9.15. The Morgan fingerprint density at radius 1 is 1.03 bits per heavy atom. The van der Waals surface area contributed by atoms with Crippen LogP contribution in [0.3, 0.4) is 0 Å². The number of aryl methyl sites for hydroxylation is 1. The normalized spacial score (nSPS) is 11.3. The Morgan fingerprint density at radius 3 is 2.63 bits per heavy atom. The Labute approximate surface area is 170 Å². The molecule has 148 valence electrons. The predicted octanol–water partition coefficient (Wildman–Crippen LogP) is 4.91. The lowest BCUT2D eigenvalue weighted by atomic mass is 10.1. The number of fused-ring (bicyclic) bond motifs is 1. The molecular weight excluding hydrogens is 385 g/mol. The zero-order valence-corrected chi connectivity index (χ0v) is 15.9. The predicted molar refractivity (Wildman–Crippen MR) is 114 cm³/mol. The first kappa shape index (κ1) is 19.2. The Morgan fingerprint density at radius 2 is 1.83 bits per heavy atom. The van der Waals surface area contributed by atoms with Gasteiger partial charge in [-0.2, -0.15) is 0 Å². The monoisotopic (exact) mass is 401 g/mol. The maximum atomic E-state index is 14.0. The molecule has 3 aromatic carbocycles. The molecule has 0 bridgehead atoms. The van der Waals surface area contributed by atoms with E-state index in [-0.39, 0.29) is 11.2 Å². The highest BCUT2D eigenvalue weighted by Crippen LogP contribution is 2.20. The molecule has 0 atom stereocenters. The maximum absolute atomic E-state index is 14.0. The van der Waals surface area contributed by atoms with Gasteiger partial charge in [0.2, 0.25) is 0 Å². The second kappa shape index (κ2) is 7.71. The molecule has 6 nitrogen and oxygen atoms in total. The summed E-state index contributed by atoms with van der Waals surface area (Å²) in [5.41, 5.74) is 1.81. The van der Waals surface area contributed by atoms with Crippen LogP contribution in [-0.4, -0.2) is 14.5 Å². The summed E-state index contributed by atoms with van der Waals surface area (Å²) in [6.45, 7) is 1.78. The molecule has 4 aromatic rings. The number of hydrogen-bond acceptors (Lipinski definition) is 4. The van der Waals surface area contributed by atoms with Gasteiger partial charge in [-0.3, -0.25) is 19.5 Å². The molecule has 0 saturated carbocycles. The smallest absolute Gasteiger partial charge is 0.268 e. The molecule has 1 heterocycles. The summed E-state index contributed by atoms with van der Waals surface area (Å²) in [5.74, 6) is -0.178. The van der Waals surface area contributed by atoms with Crippen LogP contribution >= 0.6 is 0 Å². The SMILES string of the molecule is Cc1ccc(F)cc1-n1c(/C=C/c2cccc([N+](=O)[O-])c2)nc2ccccc2c1=O. The van der Waals surface area contributed by atoms with E-state index in [1.807, 2.05) is 0 Å². The van der Waals surface area contributed by atoms with E-state index in [1.54, 1.807) is 61.5 Å². The van der Waals surface area contributed by atoms with E-state index in [9.17, 15) is 19.3 Å². The van der Waals surface area contributed by atoms with Crippen LogP contribution in [0.2, 0.25) is 0 Å². The van der Waals surface area contributed by atoms with Crippen LogP contribution in [-0.2, 0) is 0 Å². The standard InChI is InChI=1S/C23H16FN3O3/c1-15-9-11-17(24)14-21(15)26-22(25-20-8-3-2-7-19(20)23(26)28)12-10-16-5-4-6-18(13-16)27(29)30/h2-14H,1H3/b12-10+. The molecule has 1 aromatic heterocycles. The minimum absolute atomic E-state index is 0.0398. The second-order valence-electron chi connectivity index (χ2n) is 6.74.